The number of thiazole rings is 1. The van der Waals surface area contributed by atoms with Gasteiger partial charge in [0.05, 0.1) is 6.04 Å². The number of nitrogens with zero attached hydrogens (tertiary/aromatic N) is 2. The summed E-state index contributed by atoms with van der Waals surface area (Å²) in [5.41, 5.74) is 2.30. The minimum atomic E-state index is -0.741. The number of amides is 1. The number of anilines is 1. The zero-order valence-corrected chi connectivity index (χ0v) is 20.1. The van der Waals surface area contributed by atoms with E-state index >= 15 is 0 Å². The molecule has 3 aromatic rings. The van der Waals surface area contributed by atoms with Gasteiger partial charge in [0, 0.05) is 38.4 Å². The maximum absolute atomic E-state index is 12.3. The van der Waals surface area contributed by atoms with Crippen LogP contribution in [0.1, 0.15) is 23.7 Å². The summed E-state index contributed by atoms with van der Waals surface area (Å²) < 4.78 is 6.28. The van der Waals surface area contributed by atoms with Gasteiger partial charge in [-0.3, -0.25) is 4.90 Å². The van der Waals surface area contributed by atoms with Crippen molar-refractivity contribution in [2.75, 3.05) is 17.3 Å². The molecule has 0 spiro atoms. The second-order valence-corrected chi connectivity index (χ2v) is 8.56. The Labute approximate surface area is 203 Å². The van der Waals surface area contributed by atoms with Crippen LogP contribution in [0.3, 0.4) is 0 Å². The number of aliphatic hydroxyl groups is 1. The van der Waals surface area contributed by atoms with E-state index in [0.29, 0.717) is 6.61 Å². The van der Waals surface area contributed by atoms with E-state index in [1.54, 1.807) is 22.9 Å². The van der Waals surface area contributed by atoms with Crippen LogP contribution in [0.25, 0.3) is 0 Å². The van der Waals surface area contributed by atoms with Crippen LogP contribution in [-0.4, -0.2) is 34.6 Å². The molecule has 4 rings (SSSR count). The van der Waals surface area contributed by atoms with Gasteiger partial charge in [-0.05, 0) is 39.8 Å². The molecule has 1 unspecified atom stereocenters. The Balaban J connectivity index is 0.00000240. The molecule has 2 atom stereocenters. The van der Waals surface area contributed by atoms with Gasteiger partial charge in [0.1, 0.15) is 12.7 Å². The minimum Gasteiger partial charge on any atom is -0.447 e. The number of ether oxygens (including phenoxy) is 1. The second kappa shape index (κ2) is 10.7. The van der Waals surface area contributed by atoms with E-state index in [2.05, 4.69) is 10.4 Å². The van der Waals surface area contributed by atoms with Crippen molar-refractivity contribution in [2.24, 2.45) is 0 Å². The van der Waals surface area contributed by atoms with Crippen LogP contribution in [0.4, 0.5) is 10.5 Å². The zero-order chi connectivity index (χ0) is 19.3. The predicted molar refractivity (Wildman–Crippen MR) is 111 cm³/mol. The Bertz CT molecular complexity index is 925. The van der Waals surface area contributed by atoms with Gasteiger partial charge in [-0.2, -0.15) is 17.1 Å². The standard InChI is InChI=1S/C21H19N2O3S2.Y/c24-19(15-5-2-1-3-6-15)16-7-4-8-17(13-16)23-18(14-26-21(23)25)9-11-27-20-22-10-12-28-20;/h1-8,10,13,18-19,24H,9,11,14H2;/q-1;/t18-,19?;/m0./s1. The van der Waals surface area contributed by atoms with Gasteiger partial charge < -0.3 is 26.2 Å². The summed E-state index contributed by atoms with van der Waals surface area (Å²) in [5, 5.41) is 13.7. The average Bonchev–Trinajstić information content (AvgIpc) is 3.38. The van der Waals surface area contributed by atoms with Gasteiger partial charge in [-0.25, -0.2) is 4.79 Å². The third-order valence-electron chi connectivity index (χ3n) is 4.59. The van der Waals surface area contributed by atoms with Crippen molar-refractivity contribution in [3.05, 3.63) is 77.3 Å². The molecule has 1 aliphatic rings. The summed E-state index contributed by atoms with van der Waals surface area (Å²) >= 11 is 3.15. The summed E-state index contributed by atoms with van der Waals surface area (Å²) in [5.74, 6) is 0.839. The zero-order valence-electron chi connectivity index (χ0n) is 15.6. The fourth-order valence-electron chi connectivity index (χ4n) is 3.19. The predicted octanol–water partition coefficient (Wildman–Crippen LogP) is 4.53. The molecule has 0 bridgehead atoms. The number of aliphatic hydroxyl groups excluding tert-OH is 1. The number of rotatable bonds is 7. The molecule has 1 amide bonds. The normalized spacial score (nSPS) is 16.9. The largest absolute Gasteiger partial charge is 0.447 e. The topological polar surface area (TPSA) is 62.7 Å². The van der Waals surface area contributed by atoms with Crippen molar-refractivity contribution in [3.63, 3.8) is 0 Å². The van der Waals surface area contributed by atoms with E-state index in [9.17, 15) is 9.90 Å². The number of carbonyl (C=O) groups is 1. The van der Waals surface area contributed by atoms with Gasteiger partial charge >= 0.3 is 6.09 Å². The molecular weight excluding hydrogens is 481 g/mol. The number of thioether (sulfide) groups is 1. The summed E-state index contributed by atoms with van der Waals surface area (Å²) in [7, 11) is 0. The van der Waals surface area contributed by atoms with Crippen molar-refractivity contribution < 1.29 is 47.3 Å². The fourth-order valence-corrected chi connectivity index (χ4v) is 4.83. The molecule has 1 saturated heterocycles. The molecule has 0 saturated carbocycles. The Hall–Kier alpha value is -1.25. The Morgan fingerprint density at radius 1 is 1.24 bits per heavy atom. The molecule has 8 heteroatoms. The fraction of sp³-hybridized carbons (Fsp3) is 0.238. The van der Waals surface area contributed by atoms with E-state index < -0.39 is 6.10 Å². The monoisotopic (exact) mass is 500 g/mol. The van der Waals surface area contributed by atoms with Gasteiger partial charge in [0.2, 0.25) is 0 Å². The van der Waals surface area contributed by atoms with Crippen LogP contribution < -0.4 is 4.90 Å². The Kier molecular flexibility index (Phi) is 8.27. The third-order valence-corrected chi connectivity index (χ3v) is 6.49. The number of benzene rings is 2. The summed E-state index contributed by atoms with van der Waals surface area (Å²) in [6.45, 7) is 0.370. The molecular formula is C21H19N2O3S2Y-. The van der Waals surface area contributed by atoms with Crippen LogP contribution in [0.5, 0.6) is 0 Å². The molecule has 147 valence electrons. The number of hydrogen-bond acceptors (Lipinski definition) is 6. The van der Waals surface area contributed by atoms with Crippen LogP contribution in [0, 0.1) is 5.38 Å². The molecule has 1 radical (unpaired) electrons. The Morgan fingerprint density at radius 2 is 2.03 bits per heavy atom. The first-order valence-corrected chi connectivity index (χ1v) is 10.8. The van der Waals surface area contributed by atoms with E-state index in [1.165, 1.54) is 11.3 Å². The van der Waals surface area contributed by atoms with Crippen molar-refractivity contribution >= 4 is 34.9 Å². The quantitative estimate of drug-likeness (QED) is 0.382. The maximum Gasteiger partial charge on any atom is 0.414 e. The molecule has 1 N–H and O–H groups in total. The summed E-state index contributed by atoms with van der Waals surface area (Å²) in [6, 6.07) is 16.9. The maximum atomic E-state index is 12.3. The number of aromatic nitrogens is 1. The van der Waals surface area contributed by atoms with E-state index in [1.807, 2.05) is 54.6 Å². The molecule has 1 aromatic heterocycles. The second-order valence-electron chi connectivity index (χ2n) is 6.39. The molecule has 1 fully saturated rings. The van der Waals surface area contributed by atoms with Crippen LogP contribution >= 0.6 is 23.1 Å². The van der Waals surface area contributed by atoms with Gasteiger partial charge in [-0.15, -0.1) is 0 Å². The first-order chi connectivity index (χ1) is 13.7. The SMILES string of the molecule is O=C1OC[C@H](CCSc2nc[c-]s2)N1c1cccc(C(O)c2ccccc2)c1.[Y]. The van der Waals surface area contributed by atoms with Crippen LogP contribution in [-0.2, 0) is 37.4 Å². The van der Waals surface area contributed by atoms with Crippen LogP contribution in [0.15, 0.2) is 65.1 Å². The van der Waals surface area contributed by atoms with Crippen LogP contribution in [0.2, 0.25) is 0 Å². The van der Waals surface area contributed by atoms with Crippen molar-refractivity contribution in [1.82, 2.24) is 4.98 Å². The third kappa shape index (κ3) is 5.47. The molecule has 2 aromatic carbocycles. The minimum absolute atomic E-state index is 0. The van der Waals surface area contributed by atoms with E-state index in [0.717, 1.165) is 33.3 Å². The molecule has 5 nitrogen and oxygen atoms in total. The van der Waals surface area contributed by atoms with Gasteiger partial charge in [0.15, 0.2) is 0 Å². The van der Waals surface area contributed by atoms with Gasteiger partial charge in [0.25, 0.3) is 0 Å². The van der Waals surface area contributed by atoms with E-state index in [-0.39, 0.29) is 44.8 Å². The summed E-state index contributed by atoms with van der Waals surface area (Å²) in [6.07, 6.45) is 1.38. The summed E-state index contributed by atoms with van der Waals surface area (Å²) in [4.78, 5) is 18.3. The molecule has 1 aliphatic heterocycles. The smallest absolute Gasteiger partial charge is 0.414 e. The Morgan fingerprint density at radius 3 is 2.79 bits per heavy atom. The number of cyclic esters (lactones) is 1. The van der Waals surface area contributed by atoms with Crippen molar-refractivity contribution in [2.45, 2.75) is 22.9 Å². The first-order valence-electron chi connectivity index (χ1n) is 8.96. The average molecular weight is 500 g/mol. The number of carbonyl (C=O) groups excluding carboxylic acids is 1. The van der Waals surface area contributed by atoms with Crippen molar-refractivity contribution in [1.29, 1.82) is 0 Å². The van der Waals surface area contributed by atoms with Crippen molar-refractivity contribution in [3.8, 4) is 0 Å². The number of hydrogen-bond donors (Lipinski definition) is 1. The molecule has 0 aliphatic carbocycles. The molecule has 2 heterocycles. The molecule has 29 heavy (non-hydrogen) atoms. The van der Waals surface area contributed by atoms with E-state index in [4.69, 9.17) is 4.74 Å². The van der Waals surface area contributed by atoms with Gasteiger partial charge in [-0.1, -0.05) is 48.7 Å². The first kappa shape index (κ1) is 22.4.